The van der Waals surface area contributed by atoms with Crippen molar-refractivity contribution in [2.45, 2.75) is 17.4 Å². The standard InChI is InChI=1S/C15H16FN5O4S/c16-9-10(19-18)8-11-14(12(9)20-2-1-6(17)3-20)26-5-25-21(11)4-7(13(8)22)15(23)24/h4,6,19H,1-3,5,17-18H2,(H,23,24). The van der Waals surface area contributed by atoms with Crippen LogP contribution in [-0.4, -0.2) is 40.9 Å². The average Bonchev–Trinajstić information content (AvgIpc) is 3.03. The van der Waals surface area contributed by atoms with Crippen molar-refractivity contribution in [3.05, 3.63) is 27.8 Å². The molecule has 3 heterocycles. The van der Waals surface area contributed by atoms with E-state index in [1.165, 1.54) is 16.5 Å². The van der Waals surface area contributed by atoms with E-state index in [1.807, 2.05) is 4.90 Å². The van der Waals surface area contributed by atoms with Crippen LogP contribution in [0.5, 0.6) is 0 Å². The molecule has 2 aliphatic rings. The van der Waals surface area contributed by atoms with E-state index in [2.05, 4.69) is 5.43 Å². The van der Waals surface area contributed by atoms with Gasteiger partial charge in [0.15, 0.2) is 11.8 Å². The van der Waals surface area contributed by atoms with Gasteiger partial charge in [0.2, 0.25) is 5.43 Å². The maximum Gasteiger partial charge on any atom is 0.341 e. The first-order valence-electron chi connectivity index (χ1n) is 7.85. The summed E-state index contributed by atoms with van der Waals surface area (Å²) >= 11 is 1.23. The van der Waals surface area contributed by atoms with Gasteiger partial charge >= 0.3 is 5.97 Å². The summed E-state index contributed by atoms with van der Waals surface area (Å²) in [6, 6.07) is -0.0759. The molecule has 4 rings (SSSR count). The Balaban J connectivity index is 2.13. The summed E-state index contributed by atoms with van der Waals surface area (Å²) in [7, 11) is 0. The molecule has 1 atom stereocenters. The second-order valence-corrected chi connectivity index (χ2v) is 7.06. The summed E-state index contributed by atoms with van der Waals surface area (Å²) in [5.41, 5.74) is 7.15. The number of pyridine rings is 1. The fourth-order valence-electron chi connectivity index (χ4n) is 3.42. The SMILES string of the molecule is NNc1c(F)c(N2CCC(N)C2)c2c3c1c(=O)c(C(=O)O)cn3OCS2. The molecule has 138 valence electrons. The lowest BCUT2D eigenvalue weighted by atomic mass is 10.1. The minimum absolute atomic E-state index is 0.0759. The number of carboxylic acid groups (broad SMARTS) is 1. The van der Waals surface area contributed by atoms with Crippen LogP contribution in [-0.2, 0) is 0 Å². The lowest BCUT2D eigenvalue weighted by Gasteiger charge is -2.28. The molecule has 1 saturated heterocycles. The highest BCUT2D eigenvalue weighted by molar-refractivity contribution is 7.99. The number of hydrogen-bond acceptors (Lipinski definition) is 8. The van der Waals surface area contributed by atoms with Crippen LogP contribution in [0.25, 0.3) is 10.9 Å². The van der Waals surface area contributed by atoms with E-state index in [0.717, 1.165) is 6.20 Å². The van der Waals surface area contributed by atoms with Crippen molar-refractivity contribution >= 4 is 40.0 Å². The van der Waals surface area contributed by atoms with Gasteiger partial charge in [0.05, 0.1) is 22.2 Å². The van der Waals surface area contributed by atoms with Crippen molar-refractivity contribution in [3.63, 3.8) is 0 Å². The number of carbonyl (C=O) groups is 1. The maximum absolute atomic E-state index is 15.3. The number of nitrogens with two attached hydrogens (primary N) is 2. The van der Waals surface area contributed by atoms with Crippen molar-refractivity contribution in [2.75, 3.05) is 29.4 Å². The van der Waals surface area contributed by atoms with Crippen LogP contribution in [0.4, 0.5) is 15.8 Å². The second-order valence-electron chi connectivity index (χ2n) is 6.12. The molecule has 9 nitrogen and oxygen atoms in total. The largest absolute Gasteiger partial charge is 0.477 e. The van der Waals surface area contributed by atoms with Gasteiger partial charge in [-0.05, 0) is 6.42 Å². The summed E-state index contributed by atoms with van der Waals surface area (Å²) in [4.78, 5) is 31.8. The summed E-state index contributed by atoms with van der Waals surface area (Å²) in [5, 5.41) is 9.13. The highest BCUT2D eigenvalue weighted by Gasteiger charge is 2.33. The molecule has 0 radical (unpaired) electrons. The quantitative estimate of drug-likeness (QED) is 0.433. The number of halogens is 1. The molecule has 26 heavy (non-hydrogen) atoms. The zero-order chi connectivity index (χ0) is 18.6. The predicted molar refractivity (Wildman–Crippen MR) is 95.0 cm³/mol. The molecule has 11 heteroatoms. The monoisotopic (exact) mass is 381 g/mol. The highest BCUT2D eigenvalue weighted by Crippen LogP contribution is 2.44. The van der Waals surface area contributed by atoms with E-state index < -0.39 is 22.8 Å². The fourth-order valence-corrected chi connectivity index (χ4v) is 4.39. The number of nitrogens with zero attached hydrogens (tertiary/aromatic N) is 2. The van der Waals surface area contributed by atoms with Crippen molar-refractivity contribution in [1.29, 1.82) is 0 Å². The third-order valence-corrected chi connectivity index (χ3v) is 5.49. The zero-order valence-corrected chi connectivity index (χ0v) is 14.3. The number of rotatable bonds is 3. The molecular formula is C15H16FN5O4S. The van der Waals surface area contributed by atoms with Gasteiger partial charge in [-0.1, -0.05) is 11.8 Å². The topological polar surface area (TPSA) is 136 Å². The van der Waals surface area contributed by atoms with Gasteiger partial charge in [-0.15, -0.1) is 0 Å². The third kappa shape index (κ3) is 2.31. The maximum atomic E-state index is 15.3. The molecular weight excluding hydrogens is 365 g/mol. The van der Waals surface area contributed by atoms with Gasteiger partial charge in [0, 0.05) is 19.1 Å². The minimum atomic E-state index is -1.43. The van der Waals surface area contributed by atoms with Crippen LogP contribution >= 0.6 is 11.8 Å². The number of aromatic nitrogens is 1. The Hall–Kier alpha value is -2.50. The van der Waals surface area contributed by atoms with Gasteiger partial charge in [0.25, 0.3) is 0 Å². The Labute approximate surface area is 150 Å². The van der Waals surface area contributed by atoms with Crippen LogP contribution in [0.1, 0.15) is 16.8 Å². The Kier molecular flexibility index (Phi) is 3.93. The number of nitrogens with one attached hydrogen (secondary N) is 1. The molecule has 6 N–H and O–H groups in total. The van der Waals surface area contributed by atoms with Crippen molar-refractivity contribution in [2.24, 2.45) is 11.6 Å². The molecule has 1 aromatic carbocycles. The van der Waals surface area contributed by atoms with Crippen LogP contribution in [0.15, 0.2) is 15.9 Å². The molecule has 0 spiro atoms. The number of aromatic carboxylic acids is 1. The van der Waals surface area contributed by atoms with Gasteiger partial charge < -0.3 is 26.0 Å². The van der Waals surface area contributed by atoms with Gasteiger partial charge in [0.1, 0.15) is 16.8 Å². The third-order valence-electron chi connectivity index (χ3n) is 4.59. The normalized spacial score (nSPS) is 18.9. The summed E-state index contributed by atoms with van der Waals surface area (Å²) < 4.78 is 16.5. The Morgan fingerprint density at radius 2 is 2.27 bits per heavy atom. The summed E-state index contributed by atoms with van der Waals surface area (Å²) in [5.74, 6) is 3.50. The first-order valence-corrected chi connectivity index (χ1v) is 8.84. The first-order chi connectivity index (χ1) is 12.4. The van der Waals surface area contributed by atoms with Crippen molar-refractivity contribution in [3.8, 4) is 0 Å². The minimum Gasteiger partial charge on any atom is -0.477 e. The lowest BCUT2D eigenvalue weighted by molar-refractivity contribution is 0.0690. The molecule has 2 aliphatic heterocycles. The molecule has 1 fully saturated rings. The van der Waals surface area contributed by atoms with E-state index in [-0.39, 0.29) is 23.1 Å². The van der Waals surface area contributed by atoms with Crippen LogP contribution in [0.2, 0.25) is 0 Å². The molecule has 0 aliphatic carbocycles. The van der Waals surface area contributed by atoms with Crippen LogP contribution < -0.4 is 32.2 Å². The average molecular weight is 381 g/mol. The fraction of sp³-hybridized carbons (Fsp3) is 0.333. The second kappa shape index (κ2) is 6.04. The molecule has 1 unspecified atom stereocenters. The number of anilines is 2. The molecule has 0 bridgehead atoms. The number of carboxylic acids is 1. The van der Waals surface area contributed by atoms with E-state index in [9.17, 15) is 14.7 Å². The molecule has 1 aromatic heterocycles. The Morgan fingerprint density at radius 3 is 2.88 bits per heavy atom. The van der Waals surface area contributed by atoms with Crippen LogP contribution in [0.3, 0.4) is 0 Å². The smallest absolute Gasteiger partial charge is 0.341 e. The number of hydrazine groups is 1. The number of benzene rings is 1. The lowest BCUT2D eigenvalue weighted by Crippen LogP contribution is -2.31. The van der Waals surface area contributed by atoms with E-state index >= 15 is 4.39 Å². The zero-order valence-electron chi connectivity index (χ0n) is 13.5. The van der Waals surface area contributed by atoms with Gasteiger partial charge in [-0.2, -0.15) is 4.73 Å². The van der Waals surface area contributed by atoms with Crippen LogP contribution in [0, 0.1) is 5.82 Å². The Bertz CT molecular complexity index is 995. The number of nitrogen functional groups attached to an aromatic ring is 1. The van der Waals surface area contributed by atoms with Gasteiger partial charge in [-0.25, -0.2) is 9.18 Å². The summed E-state index contributed by atoms with van der Waals surface area (Å²) in [6.45, 7) is 1.04. The highest BCUT2D eigenvalue weighted by atomic mass is 32.2. The number of thioether (sulfide) groups is 1. The first kappa shape index (κ1) is 16.9. The van der Waals surface area contributed by atoms with Crippen molar-refractivity contribution < 1.29 is 19.1 Å². The Morgan fingerprint density at radius 1 is 1.50 bits per heavy atom. The molecule has 2 aromatic rings. The predicted octanol–water partition coefficient (Wildman–Crippen LogP) is 0.154. The molecule has 0 saturated carbocycles. The van der Waals surface area contributed by atoms with E-state index in [1.54, 1.807) is 0 Å². The van der Waals surface area contributed by atoms with E-state index in [4.69, 9.17) is 16.4 Å². The molecule has 0 amide bonds. The summed E-state index contributed by atoms with van der Waals surface area (Å²) in [6.07, 6.45) is 1.82. The van der Waals surface area contributed by atoms with E-state index in [0.29, 0.717) is 35.6 Å². The number of hydrogen-bond donors (Lipinski definition) is 4. The van der Waals surface area contributed by atoms with Crippen molar-refractivity contribution in [1.82, 2.24) is 4.73 Å². The van der Waals surface area contributed by atoms with Gasteiger partial charge in [-0.3, -0.25) is 10.6 Å².